The minimum Gasteiger partial charge on any atom is -0.316 e. The van der Waals surface area contributed by atoms with Crippen molar-refractivity contribution in [3.05, 3.63) is 0 Å². The van der Waals surface area contributed by atoms with Gasteiger partial charge in [0.2, 0.25) is 0 Å². The van der Waals surface area contributed by atoms with Crippen molar-refractivity contribution >= 4 is 11.0 Å². The minimum absolute atomic E-state index is 0.502. The summed E-state index contributed by atoms with van der Waals surface area (Å²) in [6.45, 7) is 7.60. The molecule has 0 aromatic rings. The Kier molecular flexibility index (Phi) is 3.24. The quantitative estimate of drug-likeness (QED) is 0.749. The summed E-state index contributed by atoms with van der Waals surface area (Å²) in [5.41, 5.74) is 0. The lowest BCUT2D eigenvalue weighted by atomic mass is 9.95. The number of rotatable bonds is 3. The van der Waals surface area contributed by atoms with Crippen LogP contribution in [0, 0.1) is 11.8 Å². The van der Waals surface area contributed by atoms with Crippen LogP contribution in [0.1, 0.15) is 20.3 Å². The molecule has 0 aliphatic carbocycles. The van der Waals surface area contributed by atoms with Crippen LogP contribution in [-0.2, 0) is 11.0 Å². The van der Waals surface area contributed by atoms with E-state index in [2.05, 4.69) is 23.5 Å². The third-order valence-corrected chi connectivity index (χ3v) is 5.28. The average Bonchev–Trinajstić information content (AvgIpc) is 2.69. The van der Waals surface area contributed by atoms with E-state index in [0.29, 0.717) is 6.04 Å². The molecule has 3 nitrogen and oxygen atoms in total. The molecule has 0 aromatic heterocycles. The van der Waals surface area contributed by atoms with Crippen LogP contribution in [0.2, 0.25) is 0 Å². The van der Waals surface area contributed by atoms with E-state index in [1.807, 2.05) is 0 Å². The second-order valence-corrected chi connectivity index (χ2v) is 5.97. The first-order valence-corrected chi connectivity index (χ1v) is 6.87. The molecule has 4 unspecified atom stereocenters. The minimum atomic E-state index is -0.729. The Bertz CT molecular complexity index is 234. The van der Waals surface area contributed by atoms with Crippen molar-refractivity contribution < 1.29 is 4.21 Å². The third kappa shape index (κ3) is 1.75. The van der Waals surface area contributed by atoms with Crippen molar-refractivity contribution in [3.63, 3.8) is 0 Å². The summed E-state index contributed by atoms with van der Waals surface area (Å²) in [5.74, 6) is 2.30. The second-order valence-electron chi connectivity index (χ2n) is 4.45. The zero-order valence-electron chi connectivity index (χ0n) is 9.03. The van der Waals surface area contributed by atoms with Crippen LogP contribution in [0.5, 0.6) is 0 Å². The van der Waals surface area contributed by atoms with Gasteiger partial charge in [-0.25, -0.2) is 8.51 Å². The highest BCUT2D eigenvalue weighted by atomic mass is 32.2. The summed E-state index contributed by atoms with van der Waals surface area (Å²) in [5, 5.41) is 3.42. The van der Waals surface area contributed by atoms with Gasteiger partial charge in [-0.2, -0.15) is 0 Å². The van der Waals surface area contributed by atoms with E-state index < -0.39 is 11.0 Å². The SMILES string of the molecule is CCCS(=O)N1CC2CNCC2C1C. The van der Waals surface area contributed by atoms with Gasteiger partial charge in [-0.15, -0.1) is 0 Å². The molecule has 2 aliphatic heterocycles. The largest absolute Gasteiger partial charge is 0.316 e. The maximum absolute atomic E-state index is 11.9. The van der Waals surface area contributed by atoms with E-state index in [4.69, 9.17) is 0 Å². The number of nitrogens with zero attached hydrogens (tertiary/aromatic N) is 1. The van der Waals surface area contributed by atoms with E-state index in [1.54, 1.807) is 0 Å². The van der Waals surface area contributed by atoms with Crippen LogP contribution < -0.4 is 5.32 Å². The summed E-state index contributed by atoms with van der Waals surface area (Å²) < 4.78 is 14.1. The van der Waals surface area contributed by atoms with Crippen molar-refractivity contribution in [1.82, 2.24) is 9.62 Å². The number of nitrogens with one attached hydrogen (secondary N) is 1. The van der Waals surface area contributed by atoms with Gasteiger partial charge in [-0.3, -0.25) is 0 Å². The smallest absolute Gasteiger partial charge is 0.0945 e. The molecule has 2 heterocycles. The Morgan fingerprint density at radius 3 is 2.93 bits per heavy atom. The Morgan fingerprint density at radius 1 is 1.50 bits per heavy atom. The first kappa shape index (κ1) is 10.6. The lowest BCUT2D eigenvalue weighted by molar-refractivity contribution is 0.379. The molecule has 82 valence electrons. The van der Waals surface area contributed by atoms with Gasteiger partial charge in [-0.05, 0) is 38.3 Å². The molecular formula is C10H20N2OS. The second kappa shape index (κ2) is 4.29. The monoisotopic (exact) mass is 216 g/mol. The highest BCUT2D eigenvalue weighted by molar-refractivity contribution is 7.82. The van der Waals surface area contributed by atoms with Gasteiger partial charge in [0.15, 0.2) is 0 Å². The van der Waals surface area contributed by atoms with E-state index in [0.717, 1.165) is 43.6 Å². The fraction of sp³-hybridized carbons (Fsp3) is 1.00. The summed E-state index contributed by atoms with van der Waals surface area (Å²) in [6, 6.07) is 0.502. The third-order valence-electron chi connectivity index (χ3n) is 3.52. The Labute approximate surface area is 88.8 Å². The van der Waals surface area contributed by atoms with Crippen molar-refractivity contribution in [1.29, 1.82) is 0 Å². The predicted molar refractivity (Wildman–Crippen MR) is 59.3 cm³/mol. The molecule has 0 spiro atoms. The van der Waals surface area contributed by atoms with E-state index >= 15 is 0 Å². The number of fused-ring (bicyclic) bond motifs is 1. The highest BCUT2D eigenvalue weighted by Gasteiger charge is 2.43. The summed E-state index contributed by atoms with van der Waals surface area (Å²) in [6.07, 6.45) is 1.02. The van der Waals surface area contributed by atoms with Crippen LogP contribution in [0.25, 0.3) is 0 Å². The Morgan fingerprint density at radius 2 is 2.29 bits per heavy atom. The lowest BCUT2D eigenvalue weighted by Gasteiger charge is -2.22. The zero-order chi connectivity index (χ0) is 10.1. The van der Waals surface area contributed by atoms with Gasteiger partial charge in [-0.1, -0.05) is 6.92 Å². The van der Waals surface area contributed by atoms with Gasteiger partial charge in [0.1, 0.15) is 0 Å². The maximum Gasteiger partial charge on any atom is 0.0945 e. The molecule has 0 saturated carbocycles. The standard InChI is InChI=1S/C10H20N2OS/c1-3-4-14(13)12-7-9-5-11-6-10(9)8(12)2/h8-11H,3-7H2,1-2H3. The van der Waals surface area contributed by atoms with Crippen molar-refractivity contribution in [3.8, 4) is 0 Å². The molecule has 0 aromatic carbocycles. The topological polar surface area (TPSA) is 32.3 Å². The van der Waals surface area contributed by atoms with Crippen LogP contribution in [0.4, 0.5) is 0 Å². The van der Waals surface area contributed by atoms with Crippen molar-refractivity contribution in [2.45, 2.75) is 26.3 Å². The summed E-state index contributed by atoms with van der Waals surface area (Å²) >= 11 is 0. The van der Waals surface area contributed by atoms with Crippen molar-refractivity contribution in [2.24, 2.45) is 11.8 Å². The molecular weight excluding hydrogens is 196 g/mol. The molecule has 2 saturated heterocycles. The van der Waals surface area contributed by atoms with E-state index in [1.165, 1.54) is 0 Å². The first-order valence-electron chi connectivity index (χ1n) is 5.60. The summed E-state index contributed by atoms with van der Waals surface area (Å²) in [4.78, 5) is 0. The average molecular weight is 216 g/mol. The van der Waals surface area contributed by atoms with Gasteiger partial charge in [0.05, 0.1) is 11.0 Å². The van der Waals surface area contributed by atoms with E-state index in [-0.39, 0.29) is 0 Å². The van der Waals surface area contributed by atoms with Gasteiger partial charge >= 0.3 is 0 Å². The van der Waals surface area contributed by atoms with Gasteiger partial charge in [0.25, 0.3) is 0 Å². The van der Waals surface area contributed by atoms with Gasteiger partial charge < -0.3 is 5.32 Å². The molecule has 2 rings (SSSR count). The fourth-order valence-electron chi connectivity index (χ4n) is 2.69. The molecule has 1 N–H and O–H groups in total. The first-order chi connectivity index (χ1) is 6.74. The van der Waals surface area contributed by atoms with E-state index in [9.17, 15) is 4.21 Å². The molecule has 0 bridgehead atoms. The fourth-order valence-corrected chi connectivity index (χ4v) is 4.16. The molecule has 2 aliphatic rings. The molecule has 14 heavy (non-hydrogen) atoms. The zero-order valence-corrected chi connectivity index (χ0v) is 9.85. The molecule has 4 heteroatoms. The van der Waals surface area contributed by atoms with Crippen molar-refractivity contribution in [2.75, 3.05) is 25.4 Å². The summed E-state index contributed by atoms with van der Waals surface area (Å²) in [7, 11) is -0.729. The molecule has 2 fully saturated rings. The molecule has 4 atom stereocenters. The van der Waals surface area contributed by atoms with Crippen LogP contribution in [-0.4, -0.2) is 39.9 Å². The number of hydrogen-bond donors (Lipinski definition) is 1. The van der Waals surface area contributed by atoms with Crippen LogP contribution in [0.15, 0.2) is 0 Å². The molecule has 0 amide bonds. The Hall–Kier alpha value is 0.0700. The maximum atomic E-state index is 11.9. The van der Waals surface area contributed by atoms with Crippen LogP contribution >= 0.6 is 0 Å². The Balaban J connectivity index is 1.99. The molecule has 0 radical (unpaired) electrons. The highest BCUT2D eigenvalue weighted by Crippen LogP contribution is 2.33. The lowest BCUT2D eigenvalue weighted by Crippen LogP contribution is -2.35. The normalized spacial score (nSPS) is 40.0. The van der Waals surface area contributed by atoms with Crippen LogP contribution in [0.3, 0.4) is 0 Å². The van der Waals surface area contributed by atoms with Gasteiger partial charge in [0, 0.05) is 18.3 Å². The number of hydrogen-bond acceptors (Lipinski definition) is 2. The predicted octanol–water partition coefficient (Wildman–Crippen LogP) is 0.600.